The molecule has 74 valence electrons. The van der Waals surface area contributed by atoms with Gasteiger partial charge in [0.1, 0.15) is 0 Å². The van der Waals surface area contributed by atoms with Crippen molar-refractivity contribution >= 4 is 11.6 Å². The van der Waals surface area contributed by atoms with E-state index >= 15 is 0 Å². The second-order valence-electron chi connectivity index (χ2n) is 3.82. The van der Waals surface area contributed by atoms with Crippen molar-refractivity contribution in [1.29, 1.82) is 0 Å². The molecular formula is C11H14N2O. The average molecular weight is 190 g/mol. The topological polar surface area (TPSA) is 55.1 Å². The number of carbonyl (C=O) groups excluding carboxylic acids is 1. The van der Waals surface area contributed by atoms with Gasteiger partial charge in [-0.3, -0.25) is 4.79 Å². The number of rotatable bonds is 1. The quantitative estimate of drug-likeness (QED) is 0.653. The van der Waals surface area contributed by atoms with Crippen molar-refractivity contribution in [3.63, 3.8) is 0 Å². The molecule has 2 rings (SSSR count). The lowest BCUT2D eigenvalue weighted by Gasteiger charge is -2.11. The van der Waals surface area contributed by atoms with E-state index in [0.29, 0.717) is 12.3 Å². The zero-order valence-electron chi connectivity index (χ0n) is 8.21. The van der Waals surface area contributed by atoms with Gasteiger partial charge in [-0.25, -0.2) is 0 Å². The zero-order chi connectivity index (χ0) is 10.1. The molecule has 1 aliphatic heterocycles. The molecule has 0 aromatic heterocycles. The van der Waals surface area contributed by atoms with Gasteiger partial charge in [0.2, 0.25) is 5.91 Å². The summed E-state index contributed by atoms with van der Waals surface area (Å²) in [5, 5.41) is 2.84. The van der Waals surface area contributed by atoms with Crippen LogP contribution in [0.1, 0.15) is 23.5 Å². The van der Waals surface area contributed by atoms with Crippen molar-refractivity contribution < 1.29 is 4.79 Å². The van der Waals surface area contributed by atoms with E-state index in [1.165, 1.54) is 11.1 Å². The maximum atomic E-state index is 11.1. The van der Waals surface area contributed by atoms with Gasteiger partial charge in [0.05, 0.1) is 0 Å². The number of carbonyl (C=O) groups is 1. The molecule has 1 aliphatic rings. The van der Waals surface area contributed by atoms with E-state index in [4.69, 9.17) is 5.73 Å². The predicted octanol–water partition coefficient (Wildman–Crippen LogP) is 1.18. The Morgan fingerprint density at radius 2 is 2.29 bits per heavy atom. The third-order valence-electron chi connectivity index (χ3n) is 2.71. The zero-order valence-corrected chi connectivity index (χ0v) is 8.21. The van der Waals surface area contributed by atoms with Crippen LogP contribution >= 0.6 is 0 Å². The highest BCUT2D eigenvalue weighted by molar-refractivity contribution is 5.79. The van der Waals surface area contributed by atoms with Gasteiger partial charge >= 0.3 is 0 Å². The summed E-state index contributed by atoms with van der Waals surface area (Å²) in [6.07, 6.45) is 0.602. The molecule has 1 aromatic rings. The third kappa shape index (κ3) is 1.58. The lowest BCUT2D eigenvalue weighted by molar-refractivity contribution is -0.119. The van der Waals surface area contributed by atoms with Crippen LogP contribution in [0.3, 0.4) is 0 Å². The fourth-order valence-electron chi connectivity index (χ4n) is 1.98. The first-order valence-electron chi connectivity index (χ1n) is 4.79. The lowest BCUT2D eigenvalue weighted by atomic mass is 9.94. The predicted molar refractivity (Wildman–Crippen MR) is 56.0 cm³/mol. The van der Waals surface area contributed by atoms with Crippen molar-refractivity contribution in [2.45, 2.75) is 19.3 Å². The van der Waals surface area contributed by atoms with Crippen molar-refractivity contribution in [2.75, 3.05) is 12.3 Å². The van der Waals surface area contributed by atoms with Gasteiger partial charge < -0.3 is 11.1 Å². The van der Waals surface area contributed by atoms with Gasteiger partial charge in [-0.1, -0.05) is 6.07 Å². The fourth-order valence-corrected chi connectivity index (χ4v) is 1.98. The molecule has 1 amide bonds. The fraction of sp³-hybridized carbons (Fsp3) is 0.364. The Morgan fingerprint density at radius 1 is 1.50 bits per heavy atom. The minimum Gasteiger partial charge on any atom is -0.399 e. The molecule has 0 radical (unpaired) electrons. The number of anilines is 1. The SMILES string of the molecule is Cc1cc(N)ccc1[C@H]1CNC(=O)C1. The monoisotopic (exact) mass is 190 g/mol. The summed E-state index contributed by atoms with van der Waals surface area (Å²) < 4.78 is 0. The second kappa shape index (κ2) is 3.33. The van der Waals surface area contributed by atoms with Crippen LogP contribution in [0.5, 0.6) is 0 Å². The molecule has 0 saturated carbocycles. The Morgan fingerprint density at radius 3 is 2.86 bits per heavy atom. The molecule has 1 atom stereocenters. The maximum absolute atomic E-state index is 11.1. The molecule has 3 heteroatoms. The van der Waals surface area contributed by atoms with E-state index in [-0.39, 0.29) is 5.91 Å². The molecule has 14 heavy (non-hydrogen) atoms. The van der Waals surface area contributed by atoms with E-state index in [2.05, 4.69) is 5.32 Å². The number of benzene rings is 1. The van der Waals surface area contributed by atoms with Crippen LogP contribution in [-0.2, 0) is 4.79 Å². The molecule has 1 aromatic carbocycles. The minimum absolute atomic E-state index is 0.145. The first-order valence-corrected chi connectivity index (χ1v) is 4.79. The summed E-state index contributed by atoms with van der Waals surface area (Å²) in [7, 11) is 0. The highest BCUT2D eigenvalue weighted by Gasteiger charge is 2.23. The van der Waals surface area contributed by atoms with E-state index in [9.17, 15) is 4.79 Å². The molecule has 3 N–H and O–H groups in total. The number of hydrogen-bond donors (Lipinski definition) is 2. The Labute approximate surface area is 83.3 Å². The number of nitrogens with one attached hydrogen (secondary N) is 1. The van der Waals surface area contributed by atoms with Gasteiger partial charge in [0.15, 0.2) is 0 Å². The van der Waals surface area contributed by atoms with Gasteiger partial charge in [0, 0.05) is 24.6 Å². The van der Waals surface area contributed by atoms with Crippen molar-refractivity contribution in [3.05, 3.63) is 29.3 Å². The number of amides is 1. The number of nitrogens with two attached hydrogens (primary N) is 1. The average Bonchev–Trinajstić information content (AvgIpc) is 2.51. The van der Waals surface area contributed by atoms with Gasteiger partial charge in [0.25, 0.3) is 0 Å². The van der Waals surface area contributed by atoms with Crippen molar-refractivity contribution in [3.8, 4) is 0 Å². The van der Waals surface area contributed by atoms with Gasteiger partial charge in [-0.15, -0.1) is 0 Å². The summed E-state index contributed by atoms with van der Waals surface area (Å²) in [5.74, 6) is 0.467. The molecular weight excluding hydrogens is 176 g/mol. The summed E-state index contributed by atoms with van der Waals surface area (Å²) >= 11 is 0. The first kappa shape index (κ1) is 9.06. The van der Waals surface area contributed by atoms with Gasteiger partial charge in [-0.2, -0.15) is 0 Å². The first-order chi connectivity index (χ1) is 6.66. The maximum Gasteiger partial charge on any atom is 0.220 e. The normalized spacial score (nSPS) is 20.9. The van der Waals surface area contributed by atoms with Crippen LogP contribution in [0, 0.1) is 6.92 Å². The highest BCUT2D eigenvalue weighted by Crippen LogP contribution is 2.26. The van der Waals surface area contributed by atoms with Crippen LogP contribution in [-0.4, -0.2) is 12.5 Å². The van der Waals surface area contributed by atoms with Crippen LogP contribution in [0.25, 0.3) is 0 Å². The molecule has 1 fully saturated rings. The Hall–Kier alpha value is -1.51. The number of nitrogen functional groups attached to an aromatic ring is 1. The highest BCUT2D eigenvalue weighted by atomic mass is 16.1. The lowest BCUT2D eigenvalue weighted by Crippen LogP contribution is -2.13. The summed E-state index contributed by atoms with van der Waals surface area (Å²) in [6, 6.07) is 5.87. The summed E-state index contributed by atoms with van der Waals surface area (Å²) in [4.78, 5) is 11.1. The van der Waals surface area contributed by atoms with Crippen LogP contribution in [0.15, 0.2) is 18.2 Å². The summed E-state index contributed by atoms with van der Waals surface area (Å²) in [5.41, 5.74) is 8.86. The molecule has 1 heterocycles. The van der Waals surface area contributed by atoms with Crippen LogP contribution < -0.4 is 11.1 Å². The smallest absolute Gasteiger partial charge is 0.220 e. The van der Waals surface area contributed by atoms with Crippen molar-refractivity contribution in [1.82, 2.24) is 5.32 Å². The Bertz CT molecular complexity index is 374. The largest absolute Gasteiger partial charge is 0.399 e. The number of hydrogen-bond acceptors (Lipinski definition) is 2. The third-order valence-corrected chi connectivity index (χ3v) is 2.71. The Balaban J connectivity index is 2.28. The molecule has 1 saturated heterocycles. The molecule has 0 unspecified atom stereocenters. The molecule has 0 spiro atoms. The van der Waals surface area contributed by atoms with Gasteiger partial charge in [-0.05, 0) is 30.2 Å². The molecule has 3 nitrogen and oxygen atoms in total. The van der Waals surface area contributed by atoms with E-state index < -0.39 is 0 Å². The van der Waals surface area contributed by atoms with Crippen molar-refractivity contribution in [2.24, 2.45) is 0 Å². The van der Waals surface area contributed by atoms with Crippen LogP contribution in [0.4, 0.5) is 5.69 Å². The molecule has 0 aliphatic carbocycles. The van der Waals surface area contributed by atoms with E-state index in [0.717, 1.165) is 12.2 Å². The Kier molecular flexibility index (Phi) is 2.15. The molecule has 0 bridgehead atoms. The standard InChI is InChI=1S/C11H14N2O/c1-7-4-9(12)2-3-10(7)8-5-11(14)13-6-8/h2-4,8H,5-6,12H2,1H3,(H,13,14)/t8-/m1/s1. The number of aryl methyl sites for hydroxylation is 1. The summed E-state index contributed by atoms with van der Waals surface area (Å²) in [6.45, 7) is 2.79. The van der Waals surface area contributed by atoms with E-state index in [1.54, 1.807) is 0 Å². The van der Waals surface area contributed by atoms with Crippen LogP contribution in [0.2, 0.25) is 0 Å². The minimum atomic E-state index is 0.145. The van der Waals surface area contributed by atoms with E-state index in [1.807, 2.05) is 25.1 Å². The second-order valence-corrected chi connectivity index (χ2v) is 3.82.